The van der Waals surface area contributed by atoms with Gasteiger partial charge in [-0.2, -0.15) is 13.2 Å². The highest BCUT2D eigenvalue weighted by Gasteiger charge is 2.58. The Morgan fingerprint density at radius 2 is 1.90 bits per heavy atom. The van der Waals surface area contributed by atoms with Crippen molar-refractivity contribution in [3.63, 3.8) is 0 Å². The molecule has 6 nitrogen and oxygen atoms in total. The van der Waals surface area contributed by atoms with Crippen LogP contribution in [-0.2, 0) is 24.0 Å². The van der Waals surface area contributed by atoms with Crippen molar-refractivity contribution >= 4 is 16.7 Å². The van der Waals surface area contributed by atoms with Crippen molar-refractivity contribution in [2.24, 2.45) is 7.05 Å². The van der Waals surface area contributed by atoms with E-state index in [-0.39, 0.29) is 6.54 Å². The lowest BCUT2D eigenvalue weighted by molar-refractivity contribution is -0.271. The fourth-order valence-electron chi connectivity index (χ4n) is 3.08. The summed E-state index contributed by atoms with van der Waals surface area (Å²) < 4.78 is 46.7. The van der Waals surface area contributed by atoms with Gasteiger partial charge in [0.1, 0.15) is 5.75 Å². The van der Waals surface area contributed by atoms with Crippen molar-refractivity contribution in [2.45, 2.75) is 24.7 Å². The lowest BCUT2D eigenvalue weighted by Gasteiger charge is -2.29. The topological polar surface area (TPSA) is 76.4 Å². The van der Waals surface area contributed by atoms with Crippen LogP contribution in [0, 0.1) is 0 Å². The number of hydrogen-bond donors (Lipinski definition) is 2. The summed E-state index contributed by atoms with van der Waals surface area (Å²) in [6.07, 6.45) is -3.85. The molecule has 0 radical (unpaired) electrons. The lowest BCUT2D eigenvalue weighted by Crippen LogP contribution is -2.47. The number of carbonyl (C=O) groups is 1. The van der Waals surface area contributed by atoms with Gasteiger partial charge in [-0.3, -0.25) is 4.79 Å². The van der Waals surface area contributed by atoms with Crippen molar-refractivity contribution in [3.8, 4) is 5.75 Å². The van der Waals surface area contributed by atoms with Crippen LogP contribution in [0.15, 0.2) is 48.8 Å². The van der Waals surface area contributed by atoms with Gasteiger partial charge >= 0.3 is 6.18 Å². The van der Waals surface area contributed by atoms with Gasteiger partial charge in [0.25, 0.3) is 0 Å². The zero-order valence-corrected chi connectivity index (χ0v) is 15.8. The molecule has 0 saturated carbocycles. The molecule has 3 rings (SSSR count). The molecule has 0 aliphatic rings. The molecule has 0 fully saturated rings. The third-order valence-corrected chi connectivity index (χ3v) is 4.68. The van der Waals surface area contributed by atoms with E-state index in [9.17, 15) is 23.1 Å². The molecule has 0 aliphatic heterocycles. The predicted molar refractivity (Wildman–Crippen MR) is 100 cm³/mol. The highest BCUT2D eigenvalue weighted by atomic mass is 19.4. The number of alkyl halides is 3. The molecule has 1 amide bonds. The van der Waals surface area contributed by atoms with Crippen LogP contribution in [0.1, 0.15) is 17.8 Å². The van der Waals surface area contributed by atoms with Crippen molar-refractivity contribution in [1.82, 2.24) is 14.9 Å². The van der Waals surface area contributed by atoms with Crippen LogP contribution in [0.25, 0.3) is 10.8 Å². The van der Waals surface area contributed by atoms with Gasteiger partial charge in [0, 0.05) is 26.0 Å². The molecule has 9 heteroatoms. The molecule has 1 aromatic heterocycles. The van der Waals surface area contributed by atoms with Crippen LogP contribution >= 0.6 is 0 Å². The van der Waals surface area contributed by atoms with E-state index in [1.807, 2.05) is 24.3 Å². The Balaban J connectivity index is 1.73. The summed E-state index contributed by atoms with van der Waals surface area (Å²) in [5.74, 6) is -0.873. The van der Waals surface area contributed by atoms with Crippen LogP contribution in [0.5, 0.6) is 5.75 Å². The van der Waals surface area contributed by atoms with Crippen molar-refractivity contribution < 1.29 is 27.8 Å². The molecule has 2 aromatic carbocycles. The molecule has 154 valence electrons. The van der Waals surface area contributed by atoms with E-state index >= 15 is 0 Å². The second kappa shape index (κ2) is 7.75. The number of ether oxygens (including phenoxy) is 1. The Kier molecular flexibility index (Phi) is 5.52. The molecule has 0 spiro atoms. The number of halogens is 3. The van der Waals surface area contributed by atoms with Gasteiger partial charge in [0.05, 0.1) is 13.5 Å². The first kappa shape index (κ1) is 20.7. The average Bonchev–Trinajstić information content (AvgIpc) is 3.11. The molecule has 2 N–H and O–H groups in total. The monoisotopic (exact) mass is 407 g/mol. The van der Waals surface area contributed by atoms with Gasteiger partial charge < -0.3 is 19.7 Å². The van der Waals surface area contributed by atoms with Gasteiger partial charge in [-0.1, -0.05) is 18.2 Å². The van der Waals surface area contributed by atoms with Crippen LogP contribution in [0.4, 0.5) is 13.2 Å². The Morgan fingerprint density at radius 3 is 2.52 bits per heavy atom. The molecule has 1 heterocycles. The van der Waals surface area contributed by atoms with E-state index in [4.69, 9.17) is 4.74 Å². The Hall–Kier alpha value is -3.07. The molecular weight excluding hydrogens is 387 g/mol. The standard InChI is InChI=1S/C20H20F3N3O3/c1-26-8-7-24-18(26)19(28,20(21,22)23)11-17(27)25-12-13-3-4-15-10-16(29-2)6-5-14(15)9-13/h3-10,28H,11-12H2,1-2H3,(H,25,27). The van der Waals surface area contributed by atoms with Crippen LogP contribution in [0.3, 0.4) is 0 Å². The van der Waals surface area contributed by atoms with Crippen LogP contribution < -0.4 is 10.1 Å². The van der Waals surface area contributed by atoms with E-state index in [1.165, 1.54) is 13.2 Å². The van der Waals surface area contributed by atoms with Crippen molar-refractivity contribution in [1.29, 1.82) is 0 Å². The maximum absolute atomic E-state index is 13.5. The largest absolute Gasteiger partial charge is 0.497 e. The second-order valence-corrected chi connectivity index (χ2v) is 6.72. The molecule has 0 saturated heterocycles. The second-order valence-electron chi connectivity index (χ2n) is 6.72. The molecule has 3 aromatic rings. The maximum atomic E-state index is 13.5. The van der Waals surface area contributed by atoms with Gasteiger partial charge in [-0.15, -0.1) is 0 Å². The number of aliphatic hydroxyl groups is 1. The van der Waals surface area contributed by atoms with Gasteiger partial charge in [-0.25, -0.2) is 4.98 Å². The predicted octanol–water partition coefficient (Wildman–Crippen LogP) is 3.04. The van der Waals surface area contributed by atoms with E-state index < -0.39 is 29.9 Å². The van der Waals surface area contributed by atoms with E-state index in [0.29, 0.717) is 11.3 Å². The van der Waals surface area contributed by atoms with Gasteiger partial charge in [0.15, 0.2) is 5.82 Å². The number of carbonyl (C=O) groups excluding carboxylic acids is 1. The van der Waals surface area contributed by atoms with Crippen molar-refractivity contribution in [2.75, 3.05) is 7.11 Å². The van der Waals surface area contributed by atoms with Crippen LogP contribution in [0.2, 0.25) is 0 Å². The number of amides is 1. The first-order valence-electron chi connectivity index (χ1n) is 8.74. The summed E-state index contributed by atoms with van der Waals surface area (Å²) in [6, 6.07) is 10.9. The number of methoxy groups -OCH3 is 1. The normalized spacial score (nSPS) is 13.9. The fraction of sp³-hybridized carbons (Fsp3) is 0.300. The number of imidazole rings is 1. The first-order valence-corrected chi connectivity index (χ1v) is 8.74. The summed E-state index contributed by atoms with van der Waals surface area (Å²) in [5, 5.41) is 14.5. The van der Waals surface area contributed by atoms with E-state index in [1.54, 1.807) is 19.2 Å². The lowest BCUT2D eigenvalue weighted by atomic mass is 9.97. The quantitative estimate of drug-likeness (QED) is 0.659. The number of benzene rings is 2. The van der Waals surface area contributed by atoms with E-state index in [0.717, 1.165) is 21.5 Å². The smallest absolute Gasteiger partial charge is 0.425 e. The number of aryl methyl sites for hydroxylation is 1. The molecular formula is C20H20F3N3O3. The Labute approximate surface area is 164 Å². The molecule has 0 bridgehead atoms. The zero-order chi connectivity index (χ0) is 21.2. The number of hydrogen-bond acceptors (Lipinski definition) is 4. The third-order valence-electron chi connectivity index (χ3n) is 4.68. The number of nitrogens with one attached hydrogen (secondary N) is 1. The molecule has 1 atom stereocenters. The summed E-state index contributed by atoms with van der Waals surface area (Å²) in [7, 11) is 2.89. The molecule has 1 unspecified atom stereocenters. The number of nitrogens with zero attached hydrogens (tertiary/aromatic N) is 2. The minimum atomic E-state index is -5.06. The molecule has 29 heavy (non-hydrogen) atoms. The van der Waals surface area contributed by atoms with Gasteiger partial charge in [-0.05, 0) is 34.5 Å². The Morgan fingerprint density at radius 1 is 1.21 bits per heavy atom. The Bertz CT molecular complexity index is 1030. The minimum absolute atomic E-state index is 0.0231. The van der Waals surface area contributed by atoms with E-state index in [2.05, 4.69) is 10.3 Å². The highest BCUT2D eigenvalue weighted by molar-refractivity contribution is 5.84. The molecule has 0 aliphatic carbocycles. The summed E-state index contributed by atoms with van der Waals surface area (Å²) in [6.45, 7) is 0.0231. The fourth-order valence-corrected chi connectivity index (χ4v) is 3.08. The average molecular weight is 407 g/mol. The summed E-state index contributed by atoms with van der Waals surface area (Å²) >= 11 is 0. The zero-order valence-electron chi connectivity index (χ0n) is 15.8. The summed E-state index contributed by atoms with van der Waals surface area (Å²) in [5.41, 5.74) is -2.67. The van der Waals surface area contributed by atoms with Gasteiger partial charge in [0.2, 0.25) is 11.5 Å². The summed E-state index contributed by atoms with van der Waals surface area (Å²) in [4.78, 5) is 15.8. The first-order chi connectivity index (χ1) is 13.6. The minimum Gasteiger partial charge on any atom is -0.497 e. The number of fused-ring (bicyclic) bond motifs is 1. The SMILES string of the molecule is COc1ccc2cc(CNC(=O)CC(O)(c3nccn3C)C(F)(F)F)ccc2c1. The number of rotatable bonds is 6. The maximum Gasteiger partial charge on any atom is 0.425 e. The van der Waals surface area contributed by atoms with Crippen LogP contribution in [-0.4, -0.2) is 33.9 Å². The highest BCUT2D eigenvalue weighted by Crippen LogP contribution is 2.40. The third kappa shape index (κ3) is 4.19. The van der Waals surface area contributed by atoms with Crippen molar-refractivity contribution in [3.05, 3.63) is 60.2 Å². The number of aromatic nitrogens is 2.